The van der Waals surface area contributed by atoms with Gasteiger partial charge in [-0.1, -0.05) is 25.4 Å². The lowest BCUT2D eigenvalue weighted by Crippen LogP contribution is -2.17. The second-order valence-electron chi connectivity index (χ2n) is 3.97. The Morgan fingerprint density at radius 3 is 2.25 bits per heavy atom. The van der Waals surface area contributed by atoms with Crippen LogP contribution in [0.4, 0.5) is 0 Å². The molecule has 90 valence electrons. The molecule has 1 aromatic rings. The Hall–Kier alpha value is -0.930. The van der Waals surface area contributed by atoms with Gasteiger partial charge in [-0.25, -0.2) is 0 Å². The summed E-state index contributed by atoms with van der Waals surface area (Å²) < 4.78 is 10.4. The van der Waals surface area contributed by atoms with Crippen LogP contribution in [-0.2, 0) is 0 Å². The minimum Gasteiger partial charge on any atom is -0.495 e. The molecule has 1 rings (SSSR count). The van der Waals surface area contributed by atoms with Crippen molar-refractivity contribution in [2.24, 2.45) is 11.7 Å². The summed E-state index contributed by atoms with van der Waals surface area (Å²) in [6.07, 6.45) is 0. The molecule has 0 spiro atoms. The molecule has 0 amide bonds. The smallest absolute Gasteiger partial charge is 0.146 e. The molecular weight excluding hydrogens is 226 g/mol. The van der Waals surface area contributed by atoms with E-state index in [-0.39, 0.29) is 6.04 Å². The number of methoxy groups -OCH3 is 2. The van der Waals surface area contributed by atoms with Gasteiger partial charge in [0.2, 0.25) is 0 Å². The van der Waals surface area contributed by atoms with Gasteiger partial charge in [0, 0.05) is 11.6 Å². The van der Waals surface area contributed by atoms with Crippen LogP contribution in [0.2, 0.25) is 5.02 Å². The molecule has 0 saturated carbocycles. The maximum Gasteiger partial charge on any atom is 0.146 e. The molecule has 0 saturated heterocycles. The zero-order valence-corrected chi connectivity index (χ0v) is 10.8. The number of nitrogens with two attached hydrogens (primary N) is 1. The number of rotatable bonds is 4. The third-order valence-corrected chi connectivity index (χ3v) is 2.95. The van der Waals surface area contributed by atoms with E-state index in [2.05, 4.69) is 13.8 Å². The molecule has 0 aliphatic rings. The zero-order chi connectivity index (χ0) is 12.3. The van der Waals surface area contributed by atoms with E-state index in [4.69, 9.17) is 26.8 Å². The van der Waals surface area contributed by atoms with Crippen molar-refractivity contribution < 1.29 is 9.47 Å². The molecule has 0 aliphatic heterocycles. The highest BCUT2D eigenvalue weighted by atomic mass is 35.5. The first-order valence-corrected chi connectivity index (χ1v) is 5.56. The Balaban J connectivity index is 3.25. The third-order valence-electron chi connectivity index (χ3n) is 2.59. The number of halogens is 1. The van der Waals surface area contributed by atoms with Crippen LogP contribution in [0.25, 0.3) is 0 Å². The van der Waals surface area contributed by atoms with E-state index < -0.39 is 0 Å². The number of hydrogen-bond acceptors (Lipinski definition) is 3. The van der Waals surface area contributed by atoms with Gasteiger partial charge < -0.3 is 15.2 Å². The van der Waals surface area contributed by atoms with Gasteiger partial charge in [-0.2, -0.15) is 0 Å². The molecule has 1 unspecified atom stereocenters. The van der Waals surface area contributed by atoms with E-state index in [9.17, 15) is 0 Å². The van der Waals surface area contributed by atoms with E-state index in [0.29, 0.717) is 22.4 Å². The highest BCUT2D eigenvalue weighted by Gasteiger charge is 2.19. The van der Waals surface area contributed by atoms with Crippen LogP contribution in [-0.4, -0.2) is 14.2 Å². The molecule has 2 N–H and O–H groups in total. The summed E-state index contributed by atoms with van der Waals surface area (Å²) in [5, 5.41) is 0.471. The Bertz CT molecular complexity index is 366. The number of benzene rings is 1. The van der Waals surface area contributed by atoms with Crippen molar-refractivity contribution in [3.63, 3.8) is 0 Å². The summed E-state index contributed by atoms with van der Waals surface area (Å²) in [7, 11) is 3.15. The minimum absolute atomic E-state index is 0.0987. The molecule has 0 radical (unpaired) electrons. The first-order valence-electron chi connectivity index (χ1n) is 5.18. The van der Waals surface area contributed by atoms with Gasteiger partial charge in [0.1, 0.15) is 16.5 Å². The largest absolute Gasteiger partial charge is 0.495 e. The van der Waals surface area contributed by atoms with Crippen molar-refractivity contribution in [1.82, 2.24) is 0 Å². The molecule has 0 heterocycles. The molecule has 16 heavy (non-hydrogen) atoms. The third kappa shape index (κ3) is 2.42. The number of ether oxygens (including phenoxy) is 2. The minimum atomic E-state index is -0.0987. The fraction of sp³-hybridized carbons (Fsp3) is 0.500. The lowest BCUT2D eigenvalue weighted by molar-refractivity contribution is 0.383. The average molecular weight is 244 g/mol. The van der Waals surface area contributed by atoms with Crippen LogP contribution in [0.1, 0.15) is 25.5 Å². The molecule has 0 bridgehead atoms. The monoisotopic (exact) mass is 243 g/mol. The van der Waals surface area contributed by atoms with Gasteiger partial charge in [-0.15, -0.1) is 0 Å². The van der Waals surface area contributed by atoms with Crippen molar-refractivity contribution in [1.29, 1.82) is 0 Å². The van der Waals surface area contributed by atoms with E-state index in [0.717, 1.165) is 5.56 Å². The molecule has 1 aromatic carbocycles. The van der Waals surface area contributed by atoms with Crippen molar-refractivity contribution in [3.05, 3.63) is 22.7 Å². The van der Waals surface area contributed by atoms with Crippen molar-refractivity contribution in [2.75, 3.05) is 14.2 Å². The first kappa shape index (κ1) is 13.1. The average Bonchev–Trinajstić information content (AvgIpc) is 2.27. The zero-order valence-electron chi connectivity index (χ0n) is 10.1. The summed E-state index contributed by atoms with van der Waals surface area (Å²) in [6.45, 7) is 4.12. The van der Waals surface area contributed by atoms with Crippen LogP contribution in [0.3, 0.4) is 0 Å². The van der Waals surface area contributed by atoms with Gasteiger partial charge in [0.25, 0.3) is 0 Å². The predicted molar refractivity (Wildman–Crippen MR) is 66.3 cm³/mol. The standard InChI is InChI=1S/C12H18ClNO2/c1-7(2)11(14)8-5-6-9(15-3)10(13)12(8)16-4/h5-7,11H,14H2,1-4H3. The Kier molecular flexibility index (Phi) is 4.44. The molecular formula is C12H18ClNO2. The quantitative estimate of drug-likeness (QED) is 0.884. The first-order chi connectivity index (χ1) is 7.52. The molecule has 0 aromatic heterocycles. The topological polar surface area (TPSA) is 44.5 Å². The van der Waals surface area contributed by atoms with Crippen LogP contribution in [0.15, 0.2) is 12.1 Å². The SMILES string of the molecule is COc1ccc(C(N)C(C)C)c(OC)c1Cl. The van der Waals surface area contributed by atoms with Gasteiger partial charge in [-0.3, -0.25) is 0 Å². The van der Waals surface area contributed by atoms with Crippen LogP contribution < -0.4 is 15.2 Å². The van der Waals surface area contributed by atoms with Crippen molar-refractivity contribution in [3.8, 4) is 11.5 Å². The number of hydrogen-bond donors (Lipinski definition) is 1. The molecule has 1 atom stereocenters. The van der Waals surface area contributed by atoms with Gasteiger partial charge >= 0.3 is 0 Å². The van der Waals surface area contributed by atoms with Crippen LogP contribution in [0, 0.1) is 5.92 Å². The highest BCUT2D eigenvalue weighted by molar-refractivity contribution is 6.33. The second-order valence-corrected chi connectivity index (χ2v) is 4.35. The van der Waals surface area contributed by atoms with Crippen molar-refractivity contribution >= 4 is 11.6 Å². The maximum atomic E-state index is 6.16. The Morgan fingerprint density at radius 1 is 1.19 bits per heavy atom. The lowest BCUT2D eigenvalue weighted by Gasteiger charge is -2.20. The molecule has 3 nitrogen and oxygen atoms in total. The van der Waals surface area contributed by atoms with Crippen LogP contribution in [0.5, 0.6) is 11.5 Å². The lowest BCUT2D eigenvalue weighted by atomic mass is 9.96. The van der Waals surface area contributed by atoms with E-state index in [1.165, 1.54) is 0 Å². The van der Waals surface area contributed by atoms with Crippen LogP contribution >= 0.6 is 11.6 Å². The Morgan fingerprint density at radius 2 is 1.81 bits per heavy atom. The predicted octanol–water partition coefficient (Wildman–Crippen LogP) is 3.01. The molecule has 0 fully saturated rings. The summed E-state index contributed by atoms with van der Waals surface area (Å²) in [5.41, 5.74) is 7.00. The molecule has 4 heteroatoms. The summed E-state index contributed by atoms with van der Waals surface area (Å²) in [5.74, 6) is 1.51. The fourth-order valence-corrected chi connectivity index (χ4v) is 1.87. The maximum absolute atomic E-state index is 6.16. The fourth-order valence-electron chi connectivity index (χ4n) is 1.54. The normalized spacial score (nSPS) is 12.7. The van der Waals surface area contributed by atoms with E-state index in [1.54, 1.807) is 14.2 Å². The van der Waals surface area contributed by atoms with Gasteiger partial charge in [0.05, 0.1) is 14.2 Å². The van der Waals surface area contributed by atoms with Gasteiger partial charge in [0.15, 0.2) is 0 Å². The second kappa shape index (κ2) is 5.41. The summed E-state index contributed by atoms with van der Waals surface area (Å²) in [4.78, 5) is 0. The van der Waals surface area contributed by atoms with E-state index in [1.807, 2.05) is 12.1 Å². The molecule has 0 aliphatic carbocycles. The summed E-state index contributed by atoms with van der Waals surface area (Å²) in [6, 6.07) is 3.61. The highest BCUT2D eigenvalue weighted by Crippen LogP contribution is 2.40. The summed E-state index contributed by atoms with van der Waals surface area (Å²) >= 11 is 6.16. The van der Waals surface area contributed by atoms with Gasteiger partial charge in [-0.05, 0) is 18.1 Å². The Labute approximate surface area is 101 Å². The van der Waals surface area contributed by atoms with Crippen molar-refractivity contribution in [2.45, 2.75) is 19.9 Å². The van der Waals surface area contributed by atoms with E-state index >= 15 is 0 Å².